The molecule has 0 unspecified atom stereocenters. The Morgan fingerprint density at radius 2 is 1.96 bits per heavy atom. The van der Waals surface area contributed by atoms with Crippen LogP contribution in [-0.2, 0) is 16.0 Å². The van der Waals surface area contributed by atoms with Crippen molar-refractivity contribution in [1.29, 1.82) is 0 Å². The summed E-state index contributed by atoms with van der Waals surface area (Å²) >= 11 is 5.92. The van der Waals surface area contributed by atoms with Gasteiger partial charge in [-0.1, -0.05) is 17.7 Å². The lowest BCUT2D eigenvalue weighted by Crippen LogP contribution is -2.14. The Hall–Kier alpha value is -2.93. The molecule has 0 saturated carbocycles. The van der Waals surface area contributed by atoms with Crippen LogP contribution in [-0.4, -0.2) is 28.7 Å². The van der Waals surface area contributed by atoms with Crippen LogP contribution in [0.5, 0.6) is 5.75 Å². The number of aromatic hydroxyl groups is 1. The van der Waals surface area contributed by atoms with Gasteiger partial charge in [0.1, 0.15) is 0 Å². The molecule has 5 nitrogen and oxygen atoms in total. The van der Waals surface area contributed by atoms with E-state index in [1.807, 2.05) is 0 Å². The van der Waals surface area contributed by atoms with E-state index in [0.717, 1.165) is 10.6 Å². The van der Waals surface area contributed by atoms with Crippen LogP contribution in [0, 0.1) is 18.6 Å². The molecule has 1 heterocycles. The van der Waals surface area contributed by atoms with Crippen LogP contribution in [0.2, 0.25) is 5.02 Å². The van der Waals surface area contributed by atoms with Crippen molar-refractivity contribution in [1.82, 2.24) is 4.57 Å². The van der Waals surface area contributed by atoms with Gasteiger partial charge in [-0.15, -0.1) is 0 Å². The molecule has 0 atom stereocenters. The van der Waals surface area contributed by atoms with Crippen LogP contribution in [0.1, 0.15) is 21.6 Å². The van der Waals surface area contributed by atoms with E-state index in [-0.39, 0.29) is 34.1 Å². The molecule has 0 amide bonds. The summed E-state index contributed by atoms with van der Waals surface area (Å²) in [4.78, 5) is 24.7. The highest BCUT2D eigenvalue weighted by atomic mass is 35.5. The highest BCUT2D eigenvalue weighted by molar-refractivity contribution is 6.31. The van der Waals surface area contributed by atoms with Gasteiger partial charge < -0.3 is 9.84 Å². The van der Waals surface area contributed by atoms with Crippen molar-refractivity contribution in [3.05, 3.63) is 63.8 Å². The summed E-state index contributed by atoms with van der Waals surface area (Å²) in [5.41, 5.74) is 0.439. The molecule has 0 spiro atoms. The van der Waals surface area contributed by atoms with Gasteiger partial charge in [0, 0.05) is 27.7 Å². The number of nitrogens with zero attached hydrogens (tertiary/aromatic N) is 1. The summed E-state index contributed by atoms with van der Waals surface area (Å²) in [6.45, 7) is 1.50. The van der Waals surface area contributed by atoms with Crippen LogP contribution in [0.4, 0.5) is 8.78 Å². The third-order valence-corrected chi connectivity index (χ3v) is 4.55. The number of carbonyl (C=O) groups is 2. The van der Waals surface area contributed by atoms with Crippen molar-refractivity contribution in [2.75, 3.05) is 7.11 Å². The fraction of sp³-hybridized carbons (Fsp3) is 0.158. The molecule has 0 saturated heterocycles. The van der Waals surface area contributed by atoms with E-state index in [1.165, 1.54) is 26.2 Å². The molecule has 140 valence electrons. The molecule has 27 heavy (non-hydrogen) atoms. The molecule has 3 aromatic rings. The maximum atomic E-state index is 14.6. The SMILES string of the molecule is COC(=O)Cc1c(C)n(C(=O)c2cccc(Cl)c2)c2cc(F)c(O)c(F)c12. The maximum Gasteiger partial charge on any atom is 0.310 e. The summed E-state index contributed by atoms with van der Waals surface area (Å²) in [6, 6.07) is 6.93. The molecule has 0 radical (unpaired) electrons. The van der Waals surface area contributed by atoms with E-state index in [1.54, 1.807) is 12.1 Å². The number of ether oxygens (including phenoxy) is 1. The summed E-state index contributed by atoms with van der Waals surface area (Å²) < 4.78 is 34.3. The van der Waals surface area contributed by atoms with Crippen LogP contribution in [0.3, 0.4) is 0 Å². The van der Waals surface area contributed by atoms with E-state index in [0.29, 0.717) is 5.02 Å². The molecule has 0 aliphatic carbocycles. The van der Waals surface area contributed by atoms with E-state index in [2.05, 4.69) is 4.74 Å². The second-order valence-electron chi connectivity index (χ2n) is 5.88. The van der Waals surface area contributed by atoms with Gasteiger partial charge in [-0.25, -0.2) is 8.78 Å². The monoisotopic (exact) mass is 393 g/mol. The first kappa shape index (κ1) is 18.8. The third-order valence-electron chi connectivity index (χ3n) is 4.31. The van der Waals surface area contributed by atoms with Gasteiger partial charge >= 0.3 is 5.97 Å². The normalized spacial score (nSPS) is 11.0. The summed E-state index contributed by atoms with van der Waals surface area (Å²) in [6.07, 6.45) is -0.351. The number of hydrogen-bond acceptors (Lipinski definition) is 4. The Balaban J connectivity index is 2.34. The lowest BCUT2D eigenvalue weighted by molar-refractivity contribution is -0.139. The number of rotatable bonds is 3. The van der Waals surface area contributed by atoms with Crippen molar-refractivity contribution in [3.63, 3.8) is 0 Å². The van der Waals surface area contributed by atoms with Crippen molar-refractivity contribution < 1.29 is 28.2 Å². The van der Waals surface area contributed by atoms with Crippen molar-refractivity contribution in [3.8, 4) is 5.75 Å². The minimum Gasteiger partial charge on any atom is -0.503 e. The number of hydrogen-bond donors (Lipinski definition) is 1. The van der Waals surface area contributed by atoms with Crippen LogP contribution >= 0.6 is 11.6 Å². The largest absolute Gasteiger partial charge is 0.503 e. The smallest absolute Gasteiger partial charge is 0.310 e. The molecule has 0 bridgehead atoms. The Morgan fingerprint density at radius 1 is 1.26 bits per heavy atom. The summed E-state index contributed by atoms with van der Waals surface area (Å²) in [5.74, 6) is -4.90. The minimum absolute atomic E-state index is 0.107. The van der Waals surface area contributed by atoms with E-state index in [4.69, 9.17) is 11.6 Å². The highest BCUT2D eigenvalue weighted by Crippen LogP contribution is 2.35. The van der Waals surface area contributed by atoms with Gasteiger partial charge in [0.15, 0.2) is 17.4 Å². The van der Waals surface area contributed by atoms with Gasteiger partial charge in [0.05, 0.1) is 19.0 Å². The van der Waals surface area contributed by atoms with Gasteiger partial charge in [-0.2, -0.15) is 0 Å². The maximum absolute atomic E-state index is 14.6. The first-order chi connectivity index (χ1) is 12.8. The van der Waals surface area contributed by atoms with Gasteiger partial charge in [0.25, 0.3) is 5.91 Å². The number of phenols is 1. The van der Waals surface area contributed by atoms with Gasteiger partial charge in [-0.3, -0.25) is 14.2 Å². The van der Waals surface area contributed by atoms with Gasteiger partial charge in [-0.05, 0) is 30.7 Å². The van der Waals surface area contributed by atoms with E-state index >= 15 is 0 Å². The first-order valence-corrected chi connectivity index (χ1v) is 8.22. The second-order valence-corrected chi connectivity index (χ2v) is 6.32. The second kappa shape index (κ2) is 7.00. The predicted octanol–water partition coefficient (Wildman–Crippen LogP) is 3.99. The zero-order valence-corrected chi connectivity index (χ0v) is 15.1. The molecule has 0 aliphatic heterocycles. The third kappa shape index (κ3) is 3.14. The number of benzene rings is 2. The fourth-order valence-corrected chi connectivity index (χ4v) is 3.19. The Labute approximate surface area is 157 Å². The molecular weight excluding hydrogens is 380 g/mol. The topological polar surface area (TPSA) is 68.5 Å². The molecular formula is C19H14ClF2NO4. The zero-order chi connectivity index (χ0) is 19.9. The lowest BCUT2D eigenvalue weighted by Gasteiger charge is -2.08. The highest BCUT2D eigenvalue weighted by Gasteiger charge is 2.27. The Kier molecular flexibility index (Phi) is 4.89. The number of halogens is 3. The van der Waals surface area contributed by atoms with Crippen LogP contribution in [0.15, 0.2) is 30.3 Å². The van der Waals surface area contributed by atoms with Crippen molar-refractivity contribution in [2.24, 2.45) is 0 Å². The molecule has 0 aliphatic rings. The average molecular weight is 394 g/mol. The number of aromatic nitrogens is 1. The minimum atomic E-state index is -1.25. The van der Waals surface area contributed by atoms with Crippen LogP contribution < -0.4 is 0 Å². The molecule has 1 aromatic heterocycles. The average Bonchev–Trinajstić information content (AvgIpc) is 2.90. The molecule has 2 aromatic carbocycles. The molecule has 8 heteroatoms. The molecule has 0 fully saturated rings. The van der Waals surface area contributed by atoms with Crippen LogP contribution in [0.25, 0.3) is 10.9 Å². The standard InChI is InChI=1S/C19H14ClF2NO4/c1-9-12(7-15(24)27-2)16-14(8-13(21)18(25)17(16)22)23(9)19(26)10-4-3-5-11(20)6-10/h3-6,8,25H,7H2,1-2H3. The summed E-state index contributed by atoms with van der Waals surface area (Å²) in [7, 11) is 1.17. The molecule has 1 N–H and O–H groups in total. The van der Waals surface area contributed by atoms with Crippen molar-refractivity contribution in [2.45, 2.75) is 13.3 Å². The fourth-order valence-electron chi connectivity index (χ4n) is 3.00. The lowest BCUT2D eigenvalue weighted by atomic mass is 10.1. The van der Waals surface area contributed by atoms with E-state index < -0.39 is 29.3 Å². The zero-order valence-electron chi connectivity index (χ0n) is 14.3. The predicted molar refractivity (Wildman–Crippen MR) is 95.2 cm³/mol. The Morgan fingerprint density at radius 3 is 2.59 bits per heavy atom. The number of fused-ring (bicyclic) bond motifs is 1. The number of esters is 1. The van der Waals surface area contributed by atoms with Gasteiger partial charge in [0.2, 0.25) is 0 Å². The van der Waals surface area contributed by atoms with E-state index in [9.17, 15) is 23.5 Å². The number of carbonyl (C=O) groups excluding carboxylic acids is 2. The quantitative estimate of drug-likeness (QED) is 0.683. The number of phenolic OH excluding ortho intramolecular Hbond substituents is 1. The first-order valence-electron chi connectivity index (χ1n) is 7.84. The van der Waals surface area contributed by atoms with Crippen molar-refractivity contribution >= 4 is 34.4 Å². The number of methoxy groups -OCH3 is 1. The summed E-state index contributed by atoms with van der Waals surface area (Å²) in [5, 5.41) is 9.74. The Bertz CT molecular complexity index is 1090. The molecule has 3 rings (SSSR count).